The van der Waals surface area contributed by atoms with Gasteiger partial charge in [-0.05, 0) is 41.8 Å². The van der Waals surface area contributed by atoms with Gasteiger partial charge in [0, 0.05) is 0 Å². The van der Waals surface area contributed by atoms with Gasteiger partial charge in [-0.15, -0.1) is 0 Å². The Bertz CT molecular complexity index is 462. The Morgan fingerprint density at radius 1 is 0.938 bits per heavy atom. The Morgan fingerprint density at radius 3 is 2.38 bits per heavy atom. The fourth-order valence-corrected chi connectivity index (χ4v) is 1.73. The van der Waals surface area contributed by atoms with Crippen LogP contribution >= 0.6 is 0 Å². The fourth-order valence-electron chi connectivity index (χ4n) is 1.73. The topological polar surface area (TPSA) is 46.2 Å². The lowest BCUT2D eigenvalue weighted by molar-refractivity contribution is 0.475. The van der Waals surface area contributed by atoms with Gasteiger partial charge in [-0.2, -0.15) is 0 Å². The van der Waals surface area contributed by atoms with Crippen LogP contribution in [0.3, 0.4) is 0 Å². The number of benzene rings is 2. The highest BCUT2D eigenvalue weighted by molar-refractivity contribution is 5.64. The first-order chi connectivity index (χ1) is 7.79. The molecule has 0 aliphatic carbocycles. The molecule has 0 bridgehead atoms. The van der Waals surface area contributed by atoms with Crippen LogP contribution in [0.15, 0.2) is 48.5 Å². The maximum absolute atomic E-state index is 9.23. The Morgan fingerprint density at radius 2 is 1.69 bits per heavy atom. The van der Waals surface area contributed by atoms with Crippen LogP contribution in [0.2, 0.25) is 0 Å². The van der Waals surface area contributed by atoms with Crippen molar-refractivity contribution in [1.29, 1.82) is 0 Å². The third-order valence-electron chi connectivity index (χ3n) is 2.56. The van der Waals surface area contributed by atoms with Crippen molar-refractivity contribution in [3.05, 3.63) is 54.1 Å². The molecule has 0 amide bonds. The van der Waals surface area contributed by atoms with Gasteiger partial charge in [0.2, 0.25) is 0 Å². The second-order valence-electron chi connectivity index (χ2n) is 3.79. The average molecular weight is 213 g/mol. The summed E-state index contributed by atoms with van der Waals surface area (Å²) in [6.45, 7) is 0.666. The molecule has 82 valence electrons. The van der Waals surface area contributed by atoms with Crippen molar-refractivity contribution < 1.29 is 5.11 Å². The lowest BCUT2D eigenvalue weighted by Crippen LogP contribution is -2.02. The minimum Gasteiger partial charge on any atom is -0.508 e. The van der Waals surface area contributed by atoms with Crippen molar-refractivity contribution in [1.82, 2.24) is 0 Å². The monoisotopic (exact) mass is 213 g/mol. The van der Waals surface area contributed by atoms with E-state index in [1.54, 1.807) is 12.1 Å². The molecule has 0 aromatic heterocycles. The van der Waals surface area contributed by atoms with Gasteiger partial charge in [0.15, 0.2) is 0 Å². The smallest absolute Gasteiger partial charge is 0.115 e. The third-order valence-corrected chi connectivity index (χ3v) is 2.56. The Labute approximate surface area is 95.4 Å². The van der Waals surface area contributed by atoms with E-state index in [0.717, 1.165) is 17.5 Å². The van der Waals surface area contributed by atoms with Crippen molar-refractivity contribution in [2.45, 2.75) is 6.42 Å². The van der Waals surface area contributed by atoms with Crippen LogP contribution in [0.4, 0.5) is 0 Å². The molecule has 0 saturated carbocycles. The predicted octanol–water partition coefficient (Wildman–Crippen LogP) is 2.56. The summed E-state index contributed by atoms with van der Waals surface area (Å²) in [5.74, 6) is 0.293. The SMILES string of the molecule is NCCc1cccc(-c2ccc(O)cc2)c1. The largest absolute Gasteiger partial charge is 0.508 e. The first kappa shape index (κ1) is 10.7. The van der Waals surface area contributed by atoms with E-state index >= 15 is 0 Å². The number of hydrogen-bond acceptors (Lipinski definition) is 2. The average Bonchev–Trinajstić information content (AvgIpc) is 2.31. The van der Waals surface area contributed by atoms with E-state index in [1.165, 1.54) is 5.56 Å². The number of hydrogen-bond donors (Lipinski definition) is 2. The second kappa shape index (κ2) is 4.81. The molecule has 2 nitrogen and oxygen atoms in total. The number of rotatable bonds is 3. The van der Waals surface area contributed by atoms with E-state index in [1.807, 2.05) is 18.2 Å². The van der Waals surface area contributed by atoms with Crippen LogP contribution in [-0.4, -0.2) is 11.7 Å². The summed E-state index contributed by atoms with van der Waals surface area (Å²) < 4.78 is 0. The van der Waals surface area contributed by atoms with E-state index in [0.29, 0.717) is 12.3 Å². The standard InChI is InChI=1S/C14H15NO/c15-9-8-11-2-1-3-13(10-11)12-4-6-14(16)7-5-12/h1-7,10,16H,8-9,15H2. The van der Waals surface area contributed by atoms with Gasteiger partial charge in [-0.25, -0.2) is 0 Å². The van der Waals surface area contributed by atoms with Gasteiger partial charge in [-0.3, -0.25) is 0 Å². The predicted molar refractivity (Wildman–Crippen MR) is 66.3 cm³/mol. The highest BCUT2D eigenvalue weighted by Crippen LogP contribution is 2.22. The second-order valence-corrected chi connectivity index (χ2v) is 3.79. The highest BCUT2D eigenvalue weighted by Gasteiger charge is 1.99. The third kappa shape index (κ3) is 2.41. The molecule has 2 aromatic rings. The summed E-state index contributed by atoms with van der Waals surface area (Å²) >= 11 is 0. The van der Waals surface area contributed by atoms with E-state index in [9.17, 15) is 5.11 Å². The lowest BCUT2D eigenvalue weighted by Gasteiger charge is -2.04. The summed E-state index contributed by atoms with van der Waals surface area (Å²) in [5.41, 5.74) is 9.05. The van der Waals surface area contributed by atoms with Crippen molar-refractivity contribution in [2.75, 3.05) is 6.54 Å². The summed E-state index contributed by atoms with van der Waals surface area (Å²) in [6.07, 6.45) is 0.895. The zero-order valence-electron chi connectivity index (χ0n) is 9.06. The van der Waals surface area contributed by atoms with Gasteiger partial charge in [0.05, 0.1) is 0 Å². The zero-order valence-corrected chi connectivity index (χ0v) is 9.06. The van der Waals surface area contributed by atoms with Gasteiger partial charge >= 0.3 is 0 Å². The van der Waals surface area contributed by atoms with Gasteiger partial charge < -0.3 is 10.8 Å². The first-order valence-electron chi connectivity index (χ1n) is 5.38. The molecule has 0 unspecified atom stereocenters. The molecule has 0 aliphatic heterocycles. The van der Waals surface area contributed by atoms with Crippen LogP contribution in [-0.2, 0) is 6.42 Å². The number of phenols is 1. The molecule has 0 radical (unpaired) electrons. The van der Waals surface area contributed by atoms with Crippen molar-refractivity contribution in [3.63, 3.8) is 0 Å². The Hall–Kier alpha value is -1.80. The Balaban J connectivity index is 2.32. The molecule has 0 spiro atoms. The molecular formula is C14H15NO. The molecule has 16 heavy (non-hydrogen) atoms. The van der Waals surface area contributed by atoms with Crippen LogP contribution < -0.4 is 5.73 Å². The lowest BCUT2D eigenvalue weighted by atomic mass is 10.0. The molecule has 0 saturated heterocycles. The van der Waals surface area contributed by atoms with E-state index in [-0.39, 0.29) is 0 Å². The minimum absolute atomic E-state index is 0.293. The van der Waals surface area contributed by atoms with Crippen molar-refractivity contribution >= 4 is 0 Å². The van der Waals surface area contributed by atoms with Gasteiger partial charge in [0.25, 0.3) is 0 Å². The van der Waals surface area contributed by atoms with Crippen LogP contribution in [0.5, 0.6) is 5.75 Å². The van der Waals surface area contributed by atoms with Gasteiger partial charge in [0.1, 0.15) is 5.75 Å². The minimum atomic E-state index is 0.293. The molecular weight excluding hydrogens is 198 g/mol. The van der Waals surface area contributed by atoms with Crippen molar-refractivity contribution in [2.24, 2.45) is 5.73 Å². The van der Waals surface area contributed by atoms with E-state index < -0.39 is 0 Å². The van der Waals surface area contributed by atoms with Crippen LogP contribution in [0.25, 0.3) is 11.1 Å². The summed E-state index contributed by atoms with van der Waals surface area (Å²) in [4.78, 5) is 0. The number of aromatic hydroxyl groups is 1. The fraction of sp³-hybridized carbons (Fsp3) is 0.143. The zero-order chi connectivity index (χ0) is 11.4. The molecule has 0 heterocycles. The van der Waals surface area contributed by atoms with E-state index in [4.69, 9.17) is 5.73 Å². The Kier molecular flexibility index (Phi) is 3.22. The summed E-state index contributed by atoms with van der Waals surface area (Å²) in [6, 6.07) is 15.5. The molecule has 2 aromatic carbocycles. The summed E-state index contributed by atoms with van der Waals surface area (Å²) in [5, 5.41) is 9.23. The molecule has 0 atom stereocenters. The highest BCUT2D eigenvalue weighted by atomic mass is 16.3. The van der Waals surface area contributed by atoms with Crippen LogP contribution in [0, 0.1) is 0 Å². The molecule has 3 N–H and O–H groups in total. The summed E-state index contributed by atoms with van der Waals surface area (Å²) in [7, 11) is 0. The first-order valence-corrected chi connectivity index (χ1v) is 5.38. The number of nitrogens with two attached hydrogens (primary N) is 1. The van der Waals surface area contributed by atoms with Gasteiger partial charge in [-0.1, -0.05) is 36.4 Å². The maximum Gasteiger partial charge on any atom is 0.115 e. The molecule has 2 heteroatoms. The maximum atomic E-state index is 9.23. The quantitative estimate of drug-likeness (QED) is 0.823. The molecule has 2 rings (SSSR count). The molecule has 0 fully saturated rings. The van der Waals surface area contributed by atoms with E-state index in [2.05, 4.69) is 18.2 Å². The molecule has 0 aliphatic rings. The normalized spacial score (nSPS) is 10.3. The van der Waals surface area contributed by atoms with Crippen LogP contribution in [0.1, 0.15) is 5.56 Å². The number of phenolic OH excluding ortho intramolecular Hbond substituents is 1. The van der Waals surface area contributed by atoms with Crippen molar-refractivity contribution in [3.8, 4) is 16.9 Å².